The van der Waals surface area contributed by atoms with Crippen LogP contribution in [-0.2, 0) is 12.6 Å². The third kappa shape index (κ3) is 3.89. The molecule has 1 aromatic heterocycles. The number of hydrogen-bond acceptors (Lipinski definition) is 2. The number of alkyl halides is 3. The highest BCUT2D eigenvalue weighted by atomic mass is 19.4. The molecular formula is C20H21F3N2O. The quantitative estimate of drug-likeness (QED) is 0.836. The molecule has 3 nitrogen and oxygen atoms in total. The molecule has 2 unspecified atom stereocenters. The van der Waals surface area contributed by atoms with Crippen LogP contribution in [0.25, 0.3) is 0 Å². The molecule has 1 saturated carbocycles. The van der Waals surface area contributed by atoms with E-state index < -0.39 is 17.6 Å². The summed E-state index contributed by atoms with van der Waals surface area (Å²) in [4.78, 5) is 16.8. The molecule has 6 heteroatoms. The van der Waals surface area contributed by atoms with Gasteiger partial charge in [0.1, 0.15) is 0 Å². The van der Waals surface area contributed by atoms with E-state index in [1.54, 1.807) is 6.20 Å². The lowest BCUT2D eigenvalue weighted by Gasteiger charge is -2.37. The Morgan fingerprint density at radius 1 is 1.23 bits per heavy atom. The Morgan fingerprint density at radius 3 is 2.65 bits per heavy atom. The van der Waals surface area contributed by atoms with E-state index in [2.05, 4.69) is 17.2 Å². The van der Waals surface area contributed by atoms with Crippen molar-refractivity contribution in [1.82, 2.24) is 10.3 Å². The summed E-state index contributed by atoms with van der Waals surface area (Å²) in [5.41, 5.74) is 0.850. The van der Waals surface area contributed by atoms with E-state index in [1.165, 1.54) is 23.8 Å². The van der Waals surface area contributed by atoms with Crippen molar-refractivity contribution in [3.05, 3.63) is 65.0 Å². The van der Waals surface area contributed by atoms with Crippen LogP contribution in [0.2, 0.25) is 0 Å². The number of pyridine rings is 1. The highest BCUT2D eigenvalue weighted by molar-refractivity contribution is 5.96. The molecule has 2 aromatic rings. The van der Waals surface area contributed by atoms with E-state index in [0.29, 0.717) is 0 Å². The molecule has 1 heterocycles. The molecule has 1 aliphatic carbocycles. The first-order chi connectivity index (χ1) is 12.4. The Bertz CT molecular complexity index is 789. The number of benzene rings is 1. The normalized spacial score (nSPS) is 19.7. The van der Waals surface area contributed by atoms with Gasteiger partial charge in [-0.2, -0.15) is 13.2 Å². The van der Waals surface area contributed by atoms with E-state index >= 15 is 0 Å². The average Bonchev–Trinajstić information content (AvgIpc) is 2.58. The van der Waals surface area contributed by atoms with Gasteiger partial charge in [-0.1, -0.05) is 25.5 Å². The molecule has 0 spiro atoms. The van der Waals surface area contributed by atoms with Gasteiger partial charge in [-0.15, -0.1) is 0 Å². The number of nitrogens with zero attached hydrogens (tertiary/aromatic N) is 1. The number of rotatable bonds is 5. The largest absolute Gasteiger partial charge is 0.417 e. The average molecular weight is 362 g/mol. The smallest absolute Gasteiger partial charge is 0.349 e. The second-order valence-electron chi connectivity index (χ2n) is 6.65. The third-order valence-corrected chi connectivity index (χ3v) is 4.83. The van der Waals surface area contributed by atoms with Crippen molar-refractivity contribution >= 4 is 5.91 Å². The summed E-state index contributed by atoms with van der Waals surface area (Å²) in [6.07, 6.45) is 0.804. The number of carbonyl (C=O) groups is 1. The molecule has 138 valence electrons. The fraction of sp³-hybridized carbons (Fsp3) is 0.400. The molecule has 3 rings (SSSR count). The van der Waals surface area contributed by atoms with Gasteiger partial charge in [0, 0.05) is 23.9 Å². The second-order valence-corrected chi connectivity index (χ2v) is 6.65. The Balaban J connectivity index is 1.74. The molecule has 2 atom stereocenters. The molecule has 1 aromatic carbocycles. The van der Waals surface area contributed by atoms with Crippen LogP contribution in [0.4, 0.5) is 13.2 Å². The minimum atomic E-state index is -4.55. The lowest BCUT2D eigenvalue weighted by molar-refractivity contribution is -0.137. The van der Waals surface area contributed by atoms with Crippen LogP contribution in [-0.4, -0.2) is 16.9 Å². The first-order valence-corrected chi connectivity index (χ1v) is 8.82. The topological polar surface area (TPSA) is 42.0 Å². The molecular weight excluding hydrogens is 341 g/mol. The molecule has 0 saturated heterocycles. The predicted molar refractivity (Wildman–Crippen MR) is 92.9 cm³/mol. The minimum Gasteiger partial charge on any atom is -0.349 e. The van der Waals surface area contributed by atoms with Gasteiger partial charge in [0.25, 0.3) is 5.91 Å². The van der Waals surface area contributed by atoms with Crippen LogP contribution >= 0.6 is 0 Å². The van der Waals surface area contributed by atoms with Crippen LogP contribution < -0.4 is 5.32 Å². The highest BCUT2D eigenvalue weighted by Crippen LogP contribution is 2.37. The fourth-order valence-electron chi connectivity index (χ4n) is 3.34. The third-order valence-electron chi connectivity index (χ3n) is 4.83. The maximum atomic E-state index is 13.1. The second kappa shape index (κ2) is 7.48. The van der Waals surface area contributed by atoms with E-state index in [1.807, 2.05) is 12.1 Å². The van der Waals surface area contributed by atoms with Crippen LogP contribution in [0, 0.1) is 0 Å². The van der Waals surface area contributed by atoms with E-state index in [0.717, 1.165) is 37.4 Å². The molecule has 26 heavy (non-hydrogen) atoms. The fourth-order valence-corrected chi connectivity index (χ4v) is 3.34. The summed E-state index contributed by atoms with van der Waals surface area (Å²) in [7, 11) is 0. The number of nitrogens with one attached hydrogen (secondary N) is 1. The maximum absolute atomic E-state index is 13.1. The minimum absolute atomic E-state index is 0.0498. The molecule has 1 aliphatic rings. The molecule has 1 N–H and O–H groups in total. The molecule has 1 amide bonds. The van der Waals surface area contributed by atoms with Crippen LogP contribution in [0.15, 0.2) is 42.6 Å². The van der Waals surface area contributed by atoms with Crippen molar-refractivity contribution < 1.29 is 18.0 Å². The number of hydrogen-bond donors (Lipinski definition) is 1. The van der Waals surface area contributed by atoms with E-state index in [4.69, 9.17) is 0 Å². The number of amides is 1. The number of aryl methyl sites for hydroxylation is 1. The summed E-state index contributed by atoms with van der Waals surface area (Å²) < 4.78 is 39.3. The van der Waals surface area contributed by atoms with Gasteiger partial charge >= 0.3 is 6.18 Å². The molecule has 0 aliphatic heterocycles. The molecule has 0 radical (unpaired) electrons. The van der Waals surface area contributed by atoms with Crippen molar-refractivity contribution in [2.75, 3.05) is 0 Å². The Hall–Kier alpha value is -2.37. The van der Waals surface area contributed by atoms with Crippen molar-refractivity contribution in [2.45, 2.75) is 50.7 Å². The molecule has 0 bridgehead atoms. The Morgan fingerprint density at radius 2 is 2.00 bits per heavy atom. The summed E-state index contributed by atoms with van der Waals surface area (Å²) in [5, 5.41) is 2.77. The first kappa shape index (κ1) is 18.4. The van der Waals surface area contributed by atoms with Gasteiger partial charge in [-0.25, -0.2) is 0 Å². The van der Waals surface area contributed by atoms with E-state index in [-0.39, 0.29) is 17.5 Å². The van der Waals surface area contributed by atoms with E-state index in [9.17, 15) is 18.0 Å². The first-order valence-electron chi connectivity index (χ1n) is 8.82. The zero-order valence-electron chi connectivity index (χ0n) is 14.5. The van der Waals surface area contributed by atoms with Crippen LogP contribution in [0.5, 0.6) is 0 Å². The Labute approximate surface area is 150 Å². The van der Waals surface area contributed by atoms with Gasteiger partial charge in [0.2, 0.25) is 0 Å². The summed E-state index contributed by atoms with van der Waals surface area (Å²) in [6, 6.07) is 8.70. The van der Waals surface area contributed by atoms with Gasteiger partial charge < -0.3 is 5.32 Å². The summed E-state index contributed by atoms with van der Waals surface area (Å²) in [5.74, 6) is -0.633. The van der Waals surface area contributed by atoms with Crippen molar-refractivity contribution in [3.63, 3.8) is 0 Å². The lowest BCUT2D eigenvalue weighted by atomic mass is 9.76. The Kier molecular flexibility index (Phi) is 5.30. The number of aromatic nitrogens is 1. The van der Waals surface area contributed by atoms with Crippen LogP contribution in [0.1, 0.15) is 59.3 Å². The number of carbonyl (C=O) groups excluding carboxylic acids is 1. The zero-order valence-corrected chi connectivity index (χ0v) is 14.5. The summed E-state index contributed by atoms with van der Waals surface area (Å²) in [6.45, 7) is 2.10. The van der Waals surface area contributed by atoms with Gasteiger partial charge in [-0.3, -0.25) is 9.78 Å². The lowest BCUT2D eigenvalue weighted by Crippen LogP contribution is -2.46. The highest BCUT2D eigenvalue weighted by Gasteiger charge is 2.38. The van der Waals surface area contributed by atoms with Crippen LogP contribution in [0.3, 0.4) is 0 Å². The van der Waals surface area contributed by atoms with Crippen molar-refractivity contribution in [3.8, 4) is 0 Å². The predicted octanol–water partition coefficient (Wildman–Crippen LogP) is 4.73. The van der Waals surface area contributed by atoms with Gasteiger partial charge in [-0.05, 0) is 49.1 Å². The standard InChI is InChI=1S/C20H21F3N2O/c1-2-5-13-10-11-24-18(12-13)15-8-9-17(15)25-19(26)14-6-3-4-7-16(14)20(21,22)23/h3-4,6-7,10-12,15,17H,2,5,8-9H2,1H3,(H,25,26). The maximum Gasteiger partial charge on any atom is 0.417 e. The monoisotopic (exact) mass is 362 g/mol. The van der Waals surface area contributed by atoms with Gasteiger partial charge in [0.05, 0.1) is 11.1 Å². The SMILES string of the molecule is CCCc1ccnc(C2CCC2NC(=O)c2ccccc2C(F)(F)F)c1. The number of halogens is 3. The zero-order chi connectivity index (χ0) is 18.7. The van der Waals surface area contributed by atoms with Crippen molar-refractivity contribution in [1.29, 1.82) is 0 Å². The van der Waals surface area contributed by atoms with Crippen molar-refractivity contribution in [2.24, 2.45) is 0 Å². The van der Waals surface area contributed by atoms with Gasteiger partial charge in [0.15, 0.2) is 0 Å². The molecule has 1 fully saturated rings. The summed E-state index contributed by atoms with van der Waals surface area (Å²) >= 11 is 0.